The monoisotopic (exact) mass is 401 g/mol. The molecule has 154 valence electrons. The van der Waals surface area contributed by atoms with Crippen LogP contribution in [-0.4, -0.2) is 40.4 Å². The molecule has 1 fully saturated rings. The van der Waals surface area contributed by atoms with Crippen molar-refractivity contribution in [3.63, 3.8) is 0 Å². The molecule has 2 aromatic carbocycles. The van der Waals surface area contributed by atoms with Crippen molar-refractivity contribution in [2.24, 2.45) is 0 Å². The number of likely N-dealkylation sites (tertiary alicyclic amines) is 1. The standard InChI is InChI=1S/C25H27N3O2/c1-18-5-6-21(17-19(18)2)24(29)26-22-11-15-28(16-12-22)25(30)20-7-9-23(10-8-20)27-13-3-4-14-27/h3-10,13-14,17,22H,11-12,15-16H2,1-2H3,(H,26,29). The second-order valence-electron chi connectivity index (χ2n) is 7.98. The molecule has 5 nitrogen and oxygen atoms in total. The molecule has 5 heteroatoms. The third kappa shape index (κ3) is 4.30. The molecule has 0 unspecified atom stereocenters. The largest absolute Gasteiger partial charge is 0.349 e. The molecule has 30 heavy (non-hydrogen) atoms. The number of hydrogen-bond acceptors (Lipinski definition) is 2. The van der Waals surface area contributed by atoms with E-state index < -0.39 is 0 Å². The maximum atomic E-state index is 12.8. The van der Waals surface area contributed by atoms with Crippen molar-refractivity contribution in [2.75, 3.05) is 13.1 Å². The van der Waals surface area contributed by atoms with E-state index in [-0.39, 0.29) is 17.9 Å². The number of piperidine rings is 1. The number of rotatable bonds is 4. The number of carbonyl (C=O) groups is 2. The number of carbonyl (C=O) groups excluding carboxylic acids is 2. The molecule has 0 aliphatic carbocycles. The van der Waals surface area contributed by atoms with E-state index >= 15 is 0 Å². The normalized spacial score (nSPS) is 14.5. The highest BCUT2D eigenvalue weighted by Crippen LogP contribution is 2.17. The van der Waals surface area contributed by atoms with Gasteiger partial charge in [0, 0.05) is 48.3 Å². The van der Waals surface area contributed by atoms with Crippen molar-refractivity contribution in [3.05, 3.63) is 89.2 Å². The molecular formula is C25H27N3O2. The number of benzene rings is 2. The predicted molar refractivity (Wildman–Crippen MR) is 118 cm³/mol. The van der Waals surface area contributed by atoms with Gasteiger partial charge in [0.15, 0.2) is 0 Å². The van der Waals surface area contributed by atoms with Crippen LogP contribution in [0.2, 0.25) is 0 Å². The third-order valence-electron chi connectivity index (χ3n) is 5.90. The summed E-state index contributed by atoms with van der Waals surface area (Å²) in [7, 11) is 0. The topological polar surface area (TPSA) is 54.3 Å². The van der Waals surface area contributed by atoms with Crippen LogP contribution in [0.3, 0.4) is 0 Å². The number of hydrogen-bond donors (Lipinski definition) is 1. The lowest BCUT2D eigenvalue weighted by molar-refractivity contribution is 0.0698. The summed E-state index contributed by atoms with van der Waals surface area (Å²) in [6, 6.07) is 17.5. The second-order valence-corrected chi connectivity index (χ2v) is 7.98. The average Bonchev–Trinajstić information content (AvgIpc) is 3.31. The van der Waals surface area contributed by atoms with Crippen molar-refractivity contribution < 1.29 is 9.59 Å². The number of amides is 2. The number of nitrogens with one attached hydrogen (secondary N) is 1. The molecule has 2 amide bonds. The van der Waals surface area contributed by atoms with Crippen molar-refractivity contribution in [2.45, 2.75) is 32.7 Å². The van der Waals surface area contributed by atoms with E-state index in [4.69, 9.17) is 0 Å². The highest BCUT2D eigenvalue weighted by atomic mass is 16.2. The number of aromatic nitrogens is 1. The van der Waals surface area contributed by atoms with E-state index in [1.807, 2.05) is 90.3 Å². The Labute approximate surface area is 177 Å². The first-order chi connectivity index (χ1) is 14.5. The molecule has 0 radical (unpaired) electrons. The minimum absolute atomic E-state index is 0.0384. The summed E-state index contributed by atoms with van der Waals surface area (Å²) in [5.41, 5.74) is 4.72. The zero-order chi connectivity index (χ0) is 21.1. The van der Waals surface area contributed by atoms with Crippen LogP contribution in [0.1, 0.15) is 44.7 Å². The Hall–Kier alpha value is -3.34. The van der Waals surface area contributed by atoms with Crippen molar-refractivity contribution >= 4 is 11.8 Å². The molecular weight excluding hydrogens is 374 g/mol. The maximum absolute atomic E-state index is 12.8. The van der Waals surface area contributed by atoms with Crippen LogP contribution in [0, 0.1) is 13.8 Å². The molecule has 1 aromatic heterocycles. The van der Waals surface area contributed by atoms with Gasteiger partial charge in [0.1, 0.15) is 0 Å². The van der Waals surface area contributed by atoms with Crippen LogP contribution in [-0.2, 0) is 0 Å². The van der Waals surface area contributed by atoms with E-state index in [2.05, 4.69) is 5.32 Å². The summed E-state index contributed by atoms with van der Waals surface area (Å²) in [6.45, 7) is 5.35. The summed E-state index contributed by atoms with van der Waals surface area (Å²) in [5.74, 6) is 0.0106. The summed E-state index contributed by atoms with van der Waals surface area (Å²) < 4.78 is 2.01. The van der Waals surface area contributed by atoms with E-state index in [0.29, 0.717) is 24.2 Å². The molecule has 3 aromatic rings. The van der Waals surface area contributed by atoms with Crippen LogP contribution in [0.4, 0.5) is 0 Å². The van der Waals surface area contributed by atoms with Crippen molar-refractivity contribution in [1.29, 1.82) is 0 Å². The van der Waals surface area contributed by atoms with E-state index in [0.717, 1.165) is 24.1 Å². The lowest BCUT2D eigenvalue weighted by atomic mass is 10.0. The number of nitrogens with zero attached hydrogens (tertiary/aromatic N) is 2. The minimum Gasteiger partial charge on any atom is -0.349 e. The van der Waals surface area contributed by atoms with Gasteiger partial charge in [-0.3, -0.25) is 9.59 Å². The fourth-order valence-corrected chi connectivity index (χ4v) is 3.84. The Morgan fingerprint density at radius 2 is 1.50 bits per heavy atom. The zero-order valence-electron chi connectivity index (χ0n) is 17.5. The Morgan fingerprint density at radius 1 is 0.867 bits per heavy atom. The molecule has 0 saturated carbocycles. The predicted octanol–water partition coefficient (Wildman–Crippen LogP) is 4.13. The van der Waals surface area contributed by atoms with Gasteiger partial charge in [0.25, 0.3) is 11.8 Å². The fraction of sp³-hybridized carbons (Fsp3) is 0.280. The molecule has 4 rings (SSSR count). The molecule has 1 N–H and O–H groups in total. The Kier molecular flexibility index (Phi) is 5.70. The van der Waals surface area contributed by atoms with Crippen LogP contribution < -0.4 is 5.32 Å². The van der Waals surface area contributed by atoms with Gasteiger partial charge in [0.05, 0.1) is 0 Å². The minimum atomic E-state index is -0.0384. The molecule has 1 aliphatic heterocycles. The van der Waals surface area contributed by atoms with Gasteiger partial charge in [-0.15, -0.1) is 0 Å². The van der Waals surface area contributed by atoms with Crippen LogP contribution >= 0.6 is 0 Å². The van der Waals surface area contributed by atoms with E-state index in [1.54, 1.807) is 0 Å². The van der Waals surface area contributed by atoms with Gasteiger partial charge in [-0.05, 0) is 86.3 Å². The smallest absolute Gasteiger partial charge is 0.253 e. The summed E-state index contributed by atoms with van der Waals surface area (Å²) in [5, 5.41) is 3.12. The Bertz CT molecular complexity index is 1030. The highest BCUT2D eigenvalue weighted by Gasteiger charge is 2.25. The third-order valence-corrected chi connectivity index (χ3v) is 5.90. The number of aryl methyl sites for hydroxylation is 2. The van der Waals surface area contributed by atoms with Crippen LogP contribution in [0.25, 0.3) is 5.69 Å². The van der Waals surface area contributed by atoms with Crippen molar-refractivity contribution in [3.8, 4) is 5.69 Å². The second kappa shape index (κ2) is 8.57. The van der Waals surface area contributed by atoms with Gasteiger partial charge in [0.2, 0.25) is 0 Å². The van der Waals surface area contributed by atoms with Gasteiger partial charge < -0.3 is 14.8 Å². The summed E-state index contributed by atoms with van der Waals surface area (Å²) >= 11 is 0. The molecule has 1 saturated heterocycles. The van der Waals surface area contributed by atoms with Gasteiger partial charge in [-0.2, -0.15) is 0 Å². The zero-order valence-corrected chi connectivity index (χ0v) is 17.5. The van der Waals surface area contributed by atoms with Crippen LogP contribution in [0.15, 0.2) is 67.0 Å². The molecule has 0 bridgehead atoms. The van der Waals surface area contributed by atoms with Gasteiger partial charge in [-0.1, -0.05) is 6.07 Å². The SMILES string of the molecule is Cc1ccc(C(=O)NC2CCN(C(=O)c3ccc(-n4cccc4)cc3)CC2)cc1C. The lowest BCUT2D eigenvalue weighted by Crippen LogP contribution is -2.46. The molecule has 1 aliphatic rings. The first kappa shape index (κ1) is 20.0. The van der Waals surface area contributed by atoms with Crippen molar-refractivity contribution in [1.82, 2.24) is 14.8 Å². The first-order valence-electron chi connectivity index (χ1n) is 10.4. The molecule has 2 heterocycles. The summed E-state index contributed by atoms with van der Waals surface area (Å²) in [4.78, 5) is 27.3. The van der Waals surface area contributed by atoms with Gasteiger partial charge >= 0.3 is 0 Å². The Morgan fingerprint density at radius 3 is 2.13 bits per heavy atom. The van der Waals surface area contributed by atoms with Gasteiger partial charge in [-0.25, -0.2) is 0 Å². The molecule has 0 spiro atoms. The highest BCUT2D eigenvalue weighted by molar-refractivity contribution is 5.95. The average molecular weight is 402 g/mol. The maximum Gasteiger partial charge on any atom is 0.253 e. The fourth-order valence-electron chi connectivity index (χ4n) is 3.84. The van der Waals surface area contributed by atoms with Crippen LogP contribution in [0.5, 0.6) is 0 Å². The van der Waals surface area contributed by atoms with E-state index in [1.165, 1.54) is 5.56 Å². The Balaban J connectivity index is 1.32. The first-order valence-corrected chi connectivity index (χ1v) is 10.4. The molecule has 0 atom stereocenters. The van der Waals surface area contributed by atoms with E-state index in [9.17, 15) is 9.59 Å². The summed E-state index contributed by atoms with van der Waals surface area (Å²) in [6.07, 6.45) is 5.50. The lowest BCUT2D eigenvalue weighted by Gasteiger charge is -2.32. The quantitative estimate of drug-likeness (QED) is 0.715.